The largest absolute Gasteiger partial charge is 0.378 e. The lowest BCUT2D eigenvalue weighted by molar-refractivity contribution is -0.136. The summed E-state index contributed by atoms with van der Waals surface area (Å²) < 4.78 is 33.5. The zero-order chi connectivity index (χ0) is 22.5. The molecule has 2 N–H and O–H groups in total. The van der Waals surface area contributed by atoms with Crippen LogP contribution in [0.5, 0.6) is 0 Å². The van der Waals surface area contributed by atoms with Gasteiger partial charge in [0.1, 0.15) is 23.2 Å². The summed E-state index contributed by atoms with van der Waals surface area (Å²) in [6.45, 7) is 2.45. The average molecular weight is 464 g/mol. The topological polar surface area (TPSA) is 97.2 Å². The molecule has 0 atom stereocenters. The Bertz CT molecular complexity index is 1090. The van der Waals surface area contributed by atoms with Crippen LogP contribution >= 0.6 is 11.6 Å². The van der Waals surface area contributed by atoms with Crippen molar-refractivity contribution in [1.29, 1.82) is 0 Å². The van der Waals surface area contributed by atoms with Crippen LogP contribution < -0.4 is 10.6 Å². The number of morpholine rings is 1. The standard InChI is InChI=1S/C20H20ClF2N7O2/c21-17-10-25-20(28-19(17)24-8-13-5-14(22)7-15(23)6-13)27-16-9-26-30(11-16)12-18(31)29-1-3-32-4-2-29/h5-7,9-11H,1-4,8,12H2,(H2,24,25,27,28). The van der Waals surface area contributed by atoms with Gasteiger partial charge < -0.3 is 20.3 Å². The van der Waals surface area contributed by atoms with Gasteiger partial charge in [-0.15, -0.1) is 0 Å². The number of halogens is 3. The second-order valence-electron chi connectivity index (χ2n) is 7.07. The number of carbonyl (C=O) groups excluding carboxylic acids is 1. The summed E-state index contributed by atoms with van der Waals surface area (Å²) in [5, 5.41) is 10.4. The minimum Gasteiger partial charge on any atom is -0.378 e. The molecule has 0 aliphatic carbocycles. The maximum absolute atomic E-state index is 13.4. The third-order valence-corrected chi connectivity index (χ3v) is 4.95. The molecule has 9 nitrogen and oxygen atoms in total. The lowest BCUT2D eigenvalue weighted by atomic mass is 10.2. The maximum atomic E-state index is 13.4. The van der Waals surface area contributed by atoms with Crippen LogP contribution in [0.1, 0.15) is 5.56 Å². The van der Waals surface area contributed by atoms with E-state index in [-0.39, 0.29) is 30.0 Å². The molecule has 1 aliphatic heterocycles. The Kier molecular flexibility index (Phi) is 6.76. The van der Waals surface area contributed by atoms with Crippen LogP contribution in [-0.2, 0) is 22.6 Å². The van der Waals surface area contributed by atoms with E-state index in [0.29, 0.717) is 43.4 Å². The van der Waals surface area contributed by atoms with Crippen molar-refractivity contribution in [2.45, 2.75) is 13.1 Å². The van der Waals surface area contributed by atoms with E-state index in [4.69, 9.17) is 16.3 Å². The lowest BCUT2D eigenvalue weighted by Crippen LogP contribution is -2.42. The van der Waals surface area contributed by atoms with Crippen molar-refractivity contribution >= 4 is 35.0 Å². The molecule has 4 rings (SSSR count). The molecule has 0 saturated carbocycles. The van der Waals surface area contributed by atoms with Crippen LogP contribution in [0, 0.1) is 11.6 Å². The Morgan fingerprint density at radius 2 is 1.91 bits per heavy atom. The van der Waals surface area contributed by atoms with E-state index in [2.05, 4.69) is 25.7 Å². The molecule has 1 saturated heterocycles. The van der Waals surface area contributed by atoms with Crippen LogP contribution in [0.4, 0.5) is 26.2 Å². The Labute approximate surface area is 187 Å². The SMILES string of the molecule is O=C(Cn1cc(Nc2ncc(Cl)c(NCc3cc(F)cc(F)c3)n2)cn1)N1CCOCC1. The molecule has 168 valence electrons. The Morgan fingerprint density at radius 1 is 1.16 bits per heavy atom. The number of amides is 1. The number of nitrogens with zero attached hydrogens (tertiary/aromatic N) is 5. The van der Waals surface area contributed by atoms with Crippen molar-refractivity contribution in [2.75, 3.05) is 36.9 Å². The summed E-state index contributed by atoms with van der Waals surface area (Å²) in [6.07, 6.45) is 4.61. The predicted molar refractivity (Wildman–Crippen MR) is 114 cm³/mol. The molecule has 1 fully saturated rings. The van der Waals surface area contributed by atoms with Crippen LogP contribution in [-0.4, -0.2) is 56.9 Å². The highest BCUT2D eigenvalue weighted by atomic mass is 35.5. The molecule has 0 unspecified atom stereocenters. The summed E-state index contributed by atoms with van der Waals surface area (Å²) in [6, 6.07) is 3.24. The first-order valence-corrected chi connectivity index (χ1v) is 10.2. The van der Waals surface area contributed by atoms with E-state index >= 15 is 0 Å². The van der Waals surface area contributed by atoms with Crippen molar-refractivity contribution in [1.82, 2.24) is 24.6 Å². The van der Waals surface area contributed by atoms with E-state index in [1.807, 2.05) is 0 Å². The molecule has 32 heavy (non-hydrogen) atoms. The van der Waals surface area contributed by atoms with Gasteiger partial charge >= 0.3 is 0 Å². The minimum absolute atomic E-state index is 0.0361. The molecule has 1 aromatic carbocycles. The molecular weight excluding hydrogens is 444 g/mol. The summed E-state index contributed by atoms with van der Waals surface area (Å²) in [5.41, 5.74) is 0.984. The number of nitrogens with one attached hydrogen (secondary N) is 2. The quantitative estimate of drug-likeness (QED) is 0.556. The highest BCUT2D eigenvalue weighted by Crippen LogP contribution is 2.22. The van der Waals surface area contributed by atoms with E-state index in [1.54, 1.807) is 17.3 Å². The number of benzene rings is 1. The fourth-order valence-electron chi connectivity index (χ4n) is 3.15. The molecule has 0 spiro atoms. The van der Waals surface area contributed by atoms with Gasteiger partial charge in [0, 0.05) is 31.9 Å². The number of anilines is 3. The van der Waals surface area contributed by atoms with Gasteiger partial charge in [0.2, 0.25) is 11.9 Å². The van der Waals surface area contributed by atoms with Crippen LogP contribution in [0.2, 0.25) is 5.02 Å². The zero-order valence-corrected chi connectivity index (χ0v) is 17.6. The second kappa shape index (κ2) is 9.88. The summed E-state index contributed by atoms with van der Waals surface area (Å²) in [5.74, 6) is -0.833. The van der Waals surface area contributed by atoms with Crippen molar-refractivity contribution in [3.05, 3.63) is 59.0 Å². The van der Waals surface area contributed by atoms with Crippen LogP contribution in [0.15, 0.2) is 36.8 Å². The second-order valence-corrected chi connectivity index (χ2v) is 7.47. The number of hydrogen-bond acceptors (Lipinski definition) is 7. The molecule has 0 radical (unpaired) electrons. The van der Waals surface area contributed by atoms with Gasteiger partial charge in [-0.2, -0.15) is 10.1 Å². The van der Waals surface area contributed by atoms with Crippen molar-refractivity contribution in [3.63, 3.8) is 0 Å². The van der Waals surface area contributed by atoms with Crippen molar-refractivity contribution in [3.8, 4) is 0 Å². The number of carbonyl (C=O) groups is 1. The van der Waals surface area contributed by atoms with Gasteiger partial charge in [-0.1, -0.05) is 11.6 Å². The van der Waals surface area contributed by atoms with Gasteiger partial charge in [-0.3, -0.25) is 9.48 Å². The van der Waals surface area contributed by atoms with E-state index < -0.39 is 11.6 Å². The van der Waals surface area contributed by atoms with Gasteiger partial charge in [-0.05, 0) is 17.7 Å². The average Bonchev–Trinajstić information content (AvgIpc) is 3.20. The number of aromatic nitrogens is 4. The van der Waals surface area contributed by atoms with Gasteiger partial charge in [-0.25, -0.2) is 13.8 Å². The predicted octanol–water partition coefficient (Wildman–Crippen LogP) is 2.82. The first-order valence-electron chi connectivity index (χ1n) is 9.82. The smallest absolute Gasteiger partial charge is 0.244 e. The molecule has 1 aliphatic rings. The van der Waals surface area contributed by atoms with Gasteiger partial charge in [0.05, 0.1) is 31.3 Å². The normalized spacial score (nSPS) is 13.8. The van der Waals surface area contributed by atoms with E-state index in [1.165, 1.54) is 23.0 Å². The highest BCUT2D eigenvalue weighted by Gasteiger charge is 2.17. The molecule has 3 heterocycles. The third kappa shape index (κ3) is 5.68. The van der Waals surface area contributed by atoms with Gasteiger partial charge in [0.25, 0.3) is 0 Å². The Morgan fingerprint density at radius 3 is 2.66 bits per heavy atom. The summed E-state index contributed by atoms with van der Waals surface area (Å²) in [7, 11) is 0. The zero-order valence-electron chi connectivity index (χ0n) is 16.9. The van der Waals surface area contributed by atoms with Crippen LogP contribution in [0.3, 0.4) is 0 Å². The summed E-state index contributed by atoms with van der Waals surface area (Å²) in [4.78, 5) is 22.5. The first kappa shape index (κ1) is 21.9. The maximum Gasteiger partial charge on any atom is 0.244 e. The third-order valence-electron chi connectivity index (χ3n) is 4.68. The highest BCUT2D eigenvalue weighted by molar-refractivity contribution is 6.32. The van der Waals surface area contributed by atoms with E-state index in [0.717, 1.165) is 6.07 Å². The number of ether oxygens (including phenoxy) is 1. The van der Waals surface area contributed by atoms with E-state index in [9.17, 15) is 13.6 Å². The Balaban J connectivity index is 1.38. The van der Waals surface area contributed by atoms with Crippen molar-refractivity contribution in [2.24, 2.45) is 0 Å². The molecule has 3 aromatic rings. The minimum atomic E-state index is -0.665. The molecule has 2 aromatic heterocycles. The molecule has 0 bridgehead atoms. The number of rotatable bonds is 7. The van der Waals surface area contributed by atoms with Crippen LogP contribution in [0.25, 0.3) is 0 Å². The first-order chi connectivity index (χ1) is 15.5. The lowest BCUT2D eigenvalue weighted by Gasteiger charge is -2.26. The van der Waals surface area contributed by atoms with Crippen molar-refractivity contribution < 1.29 is 18.3 Å². The molecule has 1 amide bonds. The fourth-order valence-corrected chi connectivity index (χ4v) is 3.30. The monoisotopic (exact) mass is 463 g/mol. The Hall–Kier alpha value is -3.31. The fraction of sp³-hybridized carbons (Fsp3) is 0.300. The number of hydrogen-bond donors (Lipinski definition) is 2. The molecule has 12 heteroatoms. The van der Waals surface area contributed by atoms with Gasteiger partial charge in [0.15, 0.2) is 5.82 Å². The summed E-state index contributed by atoms with van der Waals surface area (Å²) >= 11 is 6.13. The molecular formula is C20H20ClF2N7O2.